The first-order valence-electron chi connectivity index (χ1n) is 6.55. The third-order valence-corrected chi connectivity index (χ3v) is 5.24. The highest BCUT2D eigenvalue weighted by Gasteiger charge is 2.43. The van der Waals surface area contributed by atoms with Crippen molar-refractivity contribution < 1.29 is 4.79 Å². The molecule has 1 aromatic heterocycles. The number of amides is 1. The second kappa shape index (κ2) is 4.92. The summed E-state index contributed by atoms with van der Waals surface area (Å²) in [7, 11) is 0. The molecule has 3 heterocycles. The van der Waals surface area contributed by atoms with E-state index < -0.39 is 0 Å². The third-order valence-electron chi connectivity index (χ3n) is 4.18. The lowest BCUT2D eigenvalue weighted by molar-refractivity contribution is 0.0601. The van der Waals surface area contributed by atoms with Crippen LogP contribution < -0.4 is 0 Å². The zero-order valence-electron chi connectivity index (χ0n) is 10.6. The molecule has 18 heavy (non-hydrogen) atoms. The molecule has 2 bridgehead atoms. The van der Waals surface area contributed by atoms with Crippen LogP contribution in [0.4, 0.5) is 0 Å². The molecule has 0 aliphatic carbocycles. The van der Waals surface area contributed by atoms with Gasteiger partial charge < -0.3 is 4.90 Å². The summed E-state index contributed by atoms with van der Waals surface area (Å²) in [6, 6.07) is 4.56. The summed E-state index contributed by atoms with van der Waals surface area (Å²) in [5, 5.41) is 0.740. The molecule has 2 saturated heterocycles. The fourth-order valence-corrected chi connectivity index (χ4v) is 4.12. The van der Waals surface area contributed by atoms with Gasteiger partial charge in [-0.2, -0.15) is 11.8 Å². The largest absolute Gasteiger partial charge is 0.333 e. The van der Waals surface area contributed by atoms with Crippen LogP contribution in [0, 0.1) is 0 Å². The highest BCUT2D eigenvalue weighted by molar-refractivity contribution is 7.99. The number of pyridine rings is 1. The van der Waals surface area contributed by atoms with Gasteiger partial charge in [-0.1, -0.05) is 0 Å². The second-order valence-corrected chi connectivity index (χ2v) is 6.30. The number of carbonyl (C=O) groups excluding carboxylic acids is 1. The van der Waals surface area contributed by atoms with E-state index in [-0.39, 0.29) is 5.91 Å². The Labute approximate surface area is 112 Å². The van der Waals surface area contributed by atoms with Crippen LogP contribution in [0.15, 0.2) is 24.5 Å². The summed E-state index contributed by atoms with van der Waals surface area (Å²) in [6.45, 7) is 0. The SMILES string of the molecule is CSC1C[C@H]2CC[C@@H](C1)N2C(=O)c1ccncc1. The molecule has 0 aromatic carbocycles. The fourth-order valence-electron chi connectivity index (χ4n) is 3.29. The number of hydrogen-bond acceptors (Lipinski definition) is 3. The molecular formula is C14H18N2OS. The molecule has 3 atom stereocenters. The van der Waals surface area contributed by atoms with Crippen molar-refractivity contribution in [3.8, 4) is 0 Å². The number of aromatic nitrogens is 1. The summed E-state index contributed by atoms with van der Waals surface area (Å²) in [4.78, 5) is 18.7. The van der Waals surface area contributed by atoms with E-state index in [4.69, 9.17) is 0 Å². The number of hydrogen-bond donors (Lipinski definition) is 0. The van der Waals surface area contributed by atoms with Crippen LogP contribution in [0.25, 0.3) is 0 Å². The van der Waals surface area contributed by atoms with Crippen molar-refractivity contribution in [1.29, 1.82) is 0 Å². The Balaban J connectivity index is 1.80. The number of fused-ring (bicyclic) bond motifs is 2. The predicted octanol–water partition coefficient (Wildman–Crippen LogP) is 2.58. The summed E-state index contributed by atoms with van der Waals surface area (Å²) >= 11 is 1.95. The number of rotatable bonds is 2. The highest BCUT2D eigenvalue weighted by atomic mass is 32.2. The Hall–Kier alpha value is -1.03. The number of carbonyl (C=O) groups is 1. The molecule has 2 fully saturated rings. The van der Waals surface area contributed by atoms with Gasteiger partial charge in [-0.05, 0) is 44.1 Å². The van der Waals surface area contributed by atoms with Gasteiger partial charge in [0, 0.05) is 35.3 Å². The van der Waals surface area contributed by atoms with Crippen molar-refractivity contribution in [2.75, 3.05) is 6.26 Å². The van der Waals surface area contributed by atoms with E-state index in [1.165, 1.54) is 12.8 Å². The van der Waals surface area contributed by atoms with Gasteiger partial charge in [0.2, 0.25) is 0 Å². The Morgan fingerprint density at radius 3 is 2.44 bits per heavy atom. The zero-order chi connectivity index (χ0) is 12.5. The highest BCUT2D eigenvalue weighted by Crippen LogP contribution is 2.40. The van der Waals surface area contributed by atoms with Gasteiger partial charge >= 0.3 is 0 Å². The first-order valence-corrected chi connectivity index (χ1v) is 7.84. The molecule has 2 aliphatic rings. The molecule has 0 spiro atoms. The maximum atomic E-state index is 12.5. The van der Waals surface area contributed by atoms with Crippen molar-refractivity contribution in [1.82, 2.24) is 9.88 Å². The summed E-state index contributed by atoms with van der Waals surface area (Å²) in [5.41, 5.74) is 0.782. The van der Waals surface area contributed by atoms with E-state index in [0.29, 0.717) is 12.1 Å². The quantitative estimate of drug-likeness (QED) is 0.821. The average Bonchev–Trinajstić information content (AvgIpc) is 2.69. The fraction of sp³-hybridized carbons (Fsp3) is 0.571. The first-order chi connectivity index (χ1) is 8.79. The molecule has 0 N–H and O–H groups in total. The van der Waals surface area contributed by atoms with Gasteiger partial charge in [-0.25, -0.2) is 0 Å². The molecule has 1 aromatic rings. The van der Waals surface area contributed by atoms with E-state index in [1.807, 2.05) is 23.9 Å². The van der Waals surface area contributed by atoms with Crippen LogP contribution in [-0.2, 0) is 0 Å². The third kappa shape index (κ3) is 2.03. The van der Waals surface area contributed by atoms with Gasteiger partial charge in [0.15, 0.2) is 0 Å². The van der Waals surface area contributed by atoms with Crippen LogP contribution in [-0.4, -0.2) is 39.4 Å². The molecule has 96 valence electrons. The normalized spacial score (nSPS) is 30.5. The smallest absolute Gasteiger partial charge is 0.254 e. The summed E-state index contributed by atoms with van der Waals surface area (Å²) in [6.07, 6.45) is 10.3. The summed E-state index contributed by atoms with van der Waals surface area (Å²) in [5.74, 6) is 0.199. The molecule has 2 aliphatic heterocycles. The Morgan fingerprint density at radius 1 is 1.28 bits per heavy atom. The van der Waals surface area contributed by atoms with E-state index in [9.17, 15) is 4.79 Å². The zero-order valence-corrected chi connectivity index (χ0v) is 11.4. The lowest BCUT2D eigenvalue weighted by atomic mass is 10.0. The topological polar surface area (TPSA) is 33.2 Å². The second-order valence-electron chi connectivity index (χ2n) is 5.16. The van der Waals surface area contributed by atoms with Crippen LogP contribution in [0.2, 0.25) is 0 Å². The molecule has 3 nitrogen and oxygen atoms in total. The number of piperidine rings is 1. The molecule has 1 unspecified atom stereocenters. The van der Waals surface area contributed by atoms with Gasteiger partial charge in [-0.3, -0.25) is 9.78 Å². The molecule has 1 amide bonds. The molecule has 0 saturated carbocycles. The Morgan fingerprint density at radius 2 is 1.89 bits per heavy atom. The van der Waals surface area contributed by atoms with Gasteiger partial charge in [0.25, 0.3) is 5.91 Å². The average molecular weight is 262 g/mol. The minimum absolute atomic E-state index is 0.199. The van der Waals surface area contributed by atoms with Crippen LogP contribution in [0.3, 0.4) is 0 Å². The van der Waals surface area contributed by atoms with E-state index in [1.54, 1.807) is 12.4 Å². The standard InChI is InChI=1S/C14H18N2OS/c1-18-13-8-11-2-3-12(9-13)16(11)14(17)10-4-6-15-7-5-10/h4-7,11-13H,2-3,8-9H2,1H3/t11-,12+,13?. The van der Waals surface area contributed by atoms with Crippen LogP contribution >= 0.6 is 11.8 Å². The summed E-state index contributed by atoms with van der Waals surface area (Å²) < 4.78 is 0. The van der Waals surface area contributed by atoms with Gasteiger partial charge in [0.1, 0.15) is 0 Å². The van der Waals surface area contributed by atoms with Crippen molar-refractivity contribution in [2.45, 2.75) is 43.0 Å². The van der Waals surface area contributed by atoms with Crippen molar-refractivity contribution >= 4 is 17.7 Å². The monoisotopic (exact) mass is 262 g/mol. The van der Waals surface area contributed by atoms with Crippen LogP contribution in [0.1, 0.15) is 36.0 Å². The molecule has 4 heteroatoms. The number of nitrogens with zero attached hydrogens (tertiary/aromatic N) is 2. The predicted molar refractivity (Wildman–Crippen MR) is 73.8 cm³/mol. The lowest BCUT2D eigenvalue weighted by Gasteiger charge is -2.38. The Kier molecular flexibility index (Phi) is 3.29. The molecular weight excluding hydrogens is 244 g/mol. The molecule has 3 rings (SSSR count). The van der Waals surface area contributed by atoms with E-state index >= 15 is 0 Å². The van der Waals surface area contributed by atoms with Gasteiger partial charge in [-0.15, -0.1) is 0 Å². The lowest BCUT2D eigenvalue weighted by Crippen LogP contribution is -2.47. The first kappa shape index (κ1) is 12.0. The Bertz CT molecular complexity index is 423. The number of thioether (sulfide) groups is 1. The van der Waals surface area contributed by atoms with Gasteiger partial charge in [0.05, 0.1) is 0 Å². The maximum Gasteiger partial charge on any atom is 0.254 e. The molecule has 0 radical (unpaired) electrons. The van der Waals surface area contributed by atoms with Crippen LogP contribution in [0.5, 0.6) is 0 Å². The maximum absolute atomic E-state index is 12.5. The van der Waals surface area contributed by atoms with Crippen molar-refractivity contribution in [2.24, 2.45) is 0 Å². The minimum Gasteiger partial charge on any atom is -0.333 e. The van der Waals surface area contributed by atoms with E-state index in [2.05, 4.69) is 16.1 Å². The van der Waals surface area contributed by atoms with Crippen molar-refractivity contribution in [3.63, 3.8) is 0 Å². The van der Waals surface area contributed by atoms with E-state index in [0.717, 1.165) is 23.7 Å². The minimum atomic E-state index is 0.199. The van der Waals surface area contributed by atoms with Crippen molar-refractivity contribution in [3.05, 3.63) is 30.1 Å².